The Balaban J connectivity index is 2.35. The monoisotopic (exact) mass is 426 g/mol. The van der Waals surface area contributed by atoms with E-state index < -0.39 is 40.0 Å². The number of hydrogen-bond acceptors (Lipinski definition) is 4. The first kappa shape index (κ1) is 22.6. The highest BCUT2D eigenvalue weighted by atomic mass is 32.2. The van der Waals surface area contributed by atoms with Gasteiger partial charge >= 0.3 is 6.18 Å². The number of hydrogen-bond donors (Lipinski definition) is 0. The number of morpholine rings is 1. The van der Waals surface area contributed by atoms with E-state index in [9.17, 15) is 30.8 Å². The Hall–Kier alpha value is -1.72. The van der Waals surface area contributed by atoms with Crippen molar-refractivity contribution in [3.8, 4) is 0 Å². The van der Waals surface area contributed by atoms with Gasteiger partial charge in [-0.1, -0.05) is 13.3 Å². The van der Waals surface area contributed by atoms with Crippen LogP contribution in [0.4, 0.5) is 17.6 Å². The molecule has 0 radical (unpaired) electrons. The van der Waals surface area contributed by atoms with Crippen molar-refractivity contribution in [3.63, 3.8) is 0 Å². The molecule has 11 heteroatoms. The van der Waals surface area contributed by atoms with E-state index in [1.165, 1.54) is 0 Å². The van der Waals surface area contributed by atoms with Gasteiger partial charge in [-0.15, -0.1) is 0 Å². The first-order valence-electron chi connectivity index (χ1n) is 8.79. The standard InChI is InChI=1S/C17H22F4N2O4S/c1-2-3-6-22(12-17(19,20)21)16(24)14-11-13(4-5-15(14)18)28(25,26)23-7-9-27-10-8-23/h4-5,11H,2-3,6-10,12H2,1H3. The van der Waals surface area contributed by atoms with E-state index in [2.05, 4.69) is 0 Å². The summed E-state index contributed by atoms with van der Waals surface area (Å²) in [5.41, 5.74) is -0.699. The second-order valence-corrected chi connectivity index (χ2v) is 8.29. The maximum Gasteiger partial charge on any atom is 0.406 e. The van der Waals surface area contributed by atoms with Gasteiger partial charge in [-0.2, -0.15) is 17.5 Å². The highest BCUT2D eigenvalue weighted by Gasteiger charge is 2.34. The van der Waals surface area contributed by atoms with Gasteiger partial charge in [0.2, 0.25) is 10.0 Å². The molecule has 1 aromatic carbocycles. The predicted octanol–water partition coefficient (Wildman–Crippen LogP) is 2.65. The smallest absolute Gasteiger partial charge is 0.379 e. The summed E-state index contributed by atoms with van der Waals surface area (Å²) in [6.45, 7) is 0.581. The number of alkyl halides is 3. The van der Waals surface area contributed by atoms with Gasteiger partial charge < -0.3 is 9.64 Å². The highest BCUT2D eigenvalue weighted by Crippen LogP contribution is 2.23. The summed E-state index contributed by atoms with van der Waals surface area (Å²) in [5.74, 6) is -2.27. The molecule has 1 fully saturated rings. The number of amides is 1. The molecule has 0 unspecified atom stereocenters. The van der Waals surface area contributed by atoms with Gasteiger partial charge in [-0.25, -0.2) is 12.8 Å². The summed E-state index contributed by atoms with van der Waals surface area (Å²) in [4.78, 5) is 12.7. The zero-order chi connectivity index (χ0) is 20.9. The Morgan fingerprint density at radius 3 is 2.46 bits per heavy atom. The summed E-state index contributed by atoms with van der Waals surface area (Å²) in [6.07, 6.45) is -3.82. The van der Waals surface area contributed by atoms with E-state index >= 15 is 0 Å². The Morgan fingerprint density at radius 2 is 1.89 bits per heavy atom. The molecule has 0 N–H and O–H groups in total. The minimum atomic E-state index is -4.66. The van der Waals surface area contributed by atoms with Crippen molar-refractivity contribution in [3.05, 3.63) is 29.6 Å². The molecular weight excluding hydrogens is 404 g/mol. The highest BCUT2D eigenvalue weighted by molar-refractivity contribution is 7.89. The molecule has 0 aliphatic carbocycles. The summed E-state index contributed by atoms with van der Waals surface area (Å²) >= 11 is 0. The minimum absolute atomic E-state index is 0.0969. The molecule has 1 aliphatic rings. The topological polar surface area (TPSA) is 66.9 Å². The number of carbonyl (C=O) groups is 1. The molecule has 0 saturated carbocycles. The SMILES string of the molecule is CCCCN(CC(F)(F)F)C(=O)c1cc(S(=O)(=O)N2CCOCC2)ccc1F. The van der Waals surface area contributed by atoms with Crippen LogP contribution in [-0.2, 0) is 14.8 Å². The fraction of sp³-hybridized carbons (Fsp3) is 0.588. The lowest BCUT2D eigenvalue weighted by molar-refractivity contribution is -0.140. The van der Waals surface area contributed by atoms with Crippen molar-refractivity contribution in [2.75, 3.05) is 39.4 Å². The van der Waals surface area contributed by atoms with Crippen LogP contribution in [0.5, 0.6) is 0 Å². The molecule has 1 amide bonds. The zero-order valence-electron chi connectivity index (χ0n) is 15.3. The van der Waals surface area contributed by atoms with Crippen LogP contribution < -0.4 is 0 Å². The fourth-order valence-corrected chi connectivity index (χ4v) is 4.19. The van der Waals surface area contributed by atoms with E-state index in [-0.39, 0.29) is 37.7 Å². The van der Waals surface area contributed by atoms with Crippen LogP contribution in [0.2, 0.25) is 0 Å². The number of unbranched alkanes of at least 4 members (excludes halogenated alkanes) is 1. The molecule has 1 heterocycles. The van der Waals surface area contributed by atoms with Gasteiger partial charge in [0.05, 0.1) is 23.7 Å². The summed E-state index contributed by atoms with van der Waals surface area (Å²) in [7, 11) is -4.02. The van der Waals surface area contributed by atoms with Gasteiger partial charge in [0.15, 0.2) is 0 Å². The molecule has 0 atom stereocenters. The third kappa shape index (κ3) is 5.65. The molecule has 6 nitrogen and oxygen atoms in total. The van der Waals surface area contributed by atoms with Crippen LogP contribution in [0, 0.1) is 5.82 Å². The quantitative estimate of drug-likeness (QED) is 0.629. The molecule has 1 aliphatic heterocycles. The molecule has 2 rings (SSSR count). The van der Waals surface area contributed by atoms with Crippen molar-refractivity contribution < 1.29 is 35.5 Å². The van der Waals surface area contributed by atoms with Gasteiger partial charge in [-0.3, -0.25) is 4.79 Å². The Morgan fingerprint density at radius 1 is 1.25 bits per heavy atom. The maximum absolute atomic E-state index is 14.2. The molecule has 158 valence electrons. The van der Waals surface area contributed by atoms with Gasteiger partial charge in [-0.05, 0) is 24.6 Å². The van der Waals surface area contributed by atoms with E-state index in [1.54, 1.807) is 6.92 Å². The number of ether oxygens (including phenoxy) is 1. The lowest BCUT2D eigenvalue weighted by Crippen LogP contribution is -2.41. The Labute approximate surface area is 161 Å². The average molecular weight is 426 g/mol. The first-order chi connectivity index (χ1) is 13.1. The lowest BCUT2D eigenvalue weighted by Gasteiger charge is -2.27. The molecule has 0 spiro atoms. The predicted molar refractivity (Wildman–Crippen MR) is 92.8 cm³/mol. The Bertz CT molecular complexity index is 793. The van der Waals surface area contributed by atoms with Gasteiger partial charge in [0, 0.05) is 19.6 Å². The van der Waals surface area contributed by atoms with Crippen molar-refractivity contribution in [1.29, 1.82) is 0 Å². The second-order valence-electron chi connectivity index (χ2n) is 6.35. The lowest BCUT2D eigenvalue weighted by atomic mass is 10.1. The molecule has 1 aromatic rings. The van der Waals surface area contributed by atoms with E-state index in [0.29, 0.717) is 17.7 Å². The normalized spacial score (nSPS) is 16.2. The number of carbonyl (C=O) groups excluding carboxylic acids is 1. The van der Waals surface area contributed by atoms with Crippen LogP contribution >= 0.6 is 0 Å². The fourth-order valence-electron chi connectivity index (χ4n) is 2.75. The van der Waals surface area contributed by atoms with Gasteiger partial charge in [0.1, 0.15) is 12.4 Å². The molecule has 0 aromatic heterocycles. The number of rotatable bonds is 7. The number of halogens is 4. The van der Waals surface area contributed by atoms with Crippen LogP contribution in [0.3, 0.4) is 0 Å². The number of benzene rings is 1. The first-order valence-corrected chi connectivity index (χ1v) is 10.2. The van der Waals surface area contributed by atoms with Crippen molar-refractivity contribution in [2.24, 2.45) is 0 Å². The van der Waals surface area contributed by atoms with Crippen molar-refractivity contribution >= 4 is 15.9 Å². The molecule has 0 bridgehead atoms. The largest absolute Gasteiger partial charge is 0.406 e. The van der Waals surface area contributed by atoms with Crippen LogP contribution in [0.1, 0.15) is 30.1 Å². The summed E-state index contributed by atoms with van der Waals surface area (Å²) in [5, 5.41) is 0. The maximum atomic E-state index is 14.2. The summed E-state index contributed by atoms with van der Waals surface area (Å²) in [6, 6.07) is 2.58. The number of nitrogens with zero attached hydrogens (tertiary/aromatic N) is 2. The van der Waals surface area contributed by atoms with Gasteiger partial charge in [0.25, 0.3) is 5.91 Å². The third-order valence-corrected chi connectivity index (χ3v) is 6.11. The summed E-state index contributed by atoms with van der Waals surface area (Å²) < 4.78 is 84.3. The van der Waals surface area contributed by atoms with E-state index in [1.807, 2.05) is 0 Å². The Kier molecular flexibility index (Phi) is 7.40. The minimum Gasteiger partial charge on any atom is -0.379 e. The molecular formula is C17H22F4N2O4S. The van der Waals surface area contributed by atoms with Crippen molar-refractivity contribution in [2.45, 2.75) is 30.8 Å². The average Bonchev–Trinajstić information content (AvgIpc) is 2.64. The zero-order valence-corrected chi connectivity index (χ0v) is 16.2. The van der Waals surface area contributed by atoms with Crippen molar-refractivity contribution in [1.82, 2.24) is 9.21 Å². The molecule has 28 heavy (non-hydrogen) atoms. The number of sulfonamides is 1. The van der Waals surface area contributed by atoms with E-state index in [4.69, 9.17) is 4.74 Å². The van der Waals surface area contributed by atoms with Crippen LogP contribution in [0.25, 0.3) is 0 Å². The van der Waals surface area contributed by atoms with Crippen LogP contribution in [-0.4, -0.2) is 69.1 Å². The molecule has 1 saturated heterocycles. The van der Waals surface area contributed by atoms with E-state index in [0.717, 1.165) is 22.5 Å². The van der Waals surface area contributed by atoms with Crippen LogP contribution in [0.15, 0.2) is 23.1 Å². The third-order valence-electron chi connectivity index (χ3n) is 4.22. The second kappa shape index (κ2) is 9.19.